The molecule has 1 fully saturated rings. The summed E-state index contributed by atoms with van der Waals surface area (Å²) in [6, 6.07) is 3.75. The first-order valence-corrected chi connectivity index (χ1v) is 6.49. The van der Waals surface area contributed by atoms with Crippen molar-refractivity contribution < 1.29 is 4.39 Å². The van der Waals surface area contributed by atoms with Gasteiger partial charge in [0.15, 0.2) is 0 Å². The fourth-order valence-electron chi connectivity index (χ4n) is 1.56. The van der Waals surface area contributed by atoms with Crippen molar-refractivity contribution in [2.45, 2.75) is 25.4 Å². The first-order valence-electron chi connectivity index (χ1n) is 5.61. The lowest BCUT2D eigenvalue weighted by Crippen LogP contribution is -2.14. The van der Waals surface area contributed by atoms with E-state index in [4.69, 9.17) is 0 Å². The highest BCUT2D eigenvalue weighted by molar-refractivity contribution is 7.09. The molecule has 17 heavy (non-hydrogen) atoms. The smallest absolute Gasteiger partial charge is 0.141 e. The van der Waals surface area contributed by atoms with Gasteiger partial charge in [0.2, 0.25) is 0 Å². The van der Waals surface area contributed by atoms with Crippen LogP contribution in [-0.2, 0) is 6.54 Å². The lowest BCUT2D eigenvalue weighted by Gasteiger charge is -1.97. The molecule has 5 heteroatoms. The summed E-state index contributed by atoms with van der Waals surface area (Å²) in [5.41, 5.74) is 1.54. The van der Waals surface area contributed by atoms with E-state index in [0.717, 1.165) is 22.9 Å². The Bertz CT molecular complexity index is 505. The molecule has 0 aliphatic heterocycles. The minimum Gasteiger partial charge on any atom is -0.308 e. The highest BCUT2D eigenvalue weighted by atomic mass is 32.1. The first-order chi connectivity index (χ1) is 8.31. The number of hydrogen-bond acceptors (Lipinski definition) is 4. The normalized spacial score (nSPS) is 15.1. The molecular formula is C12H12FN3S. The molecule has 1 saturated carbocycles. The van der Waals surface area contributed by atoms with E-state index in [1.807, 2.05) is 5.38 Å². The van der Waals surface area contributed by atoms with Crippen LogP contribution in [0.3, 0.4) is 0 Å². The Balaban J connectivity index is 1.72. The molecule has 3 rings (SSSR count). The number of nitrogens with one attached hydrogen (secondary N) is 1. The van der Waals surface area contributed by atoms with Gasteiger partial charge < -0.3 is 5.32 Å². The SMILES string of the molecule is Fc1ccc(-c2csc(CNC3CC3)n2)nc1. The van der Waals surface area contributed by atoms with Crippen molar-refractivity contribution in [2.75, 3.05) is 0 Å². The number of rotatable bonds is 4. The summed E-state index contributed by atoms with van der Waals surface area (Å²) >= 11 is 1.61. The highest BCUT2D eigenvalue weighted by Crippen LogP contribution is 2.22. The predicted octanol–water partition coefficient (Wildman–Crippen LogP) is 2.60. The van der Waals surface area contributed by atoms with Crippen molar-refractivity contribution >= 4 is 11.3 Å². The van der Waals surface area contributed by atoms with Gasteiger partial charge in [0.05, 0.1) is 17.6 Å². The zero-order valence-corrected chi connectivity index (χ0v) is 10.0. The average molecular weight is 249 g/mol. The molecule has 0 aromatic carbocycles. The van der Waals surface area contributed by atoms with E-state index < -0.39 is 0 Å². The molecule has 0 amide bonds. The van der Waals surface area contributed by atoms with E-state index >= 15 is 0 Å². The molecule has 0 spiro atoms. The largest absolute Gasteiger partial charge is 0.308 e. The number of halogens is 1. The van der Waals surface area contributed by atoms with Crippen LogP contribution in [0.15, 0.2) is 23.7 Å². The number of pyridine rings is 1. The van der Waals surface area contributed by atoms with E-state index in [2.05, 4.69) is 15.3 Å². The van der Waals surface area contributed by atoms with Crippen LogP contribution in [0, 0.1) is 5.82 Å². The number of thiazole rings is 1. The van der Waals surface area contributed by atoms with Crippen molar-refractivity contribution in [3.05, 3.63) is 34.5 Å². The van der Waals surface area contributed by atoms with Gasteiger partial charge in [-0.2, -0.15) is 0 Å². The van der Waals surface area contributed by atoms with Gasteiger partial charge in [-0.3, -0.25) is 4.98 Å². The zero-order valence-electron chi connectivity index (χ0n) is 9.19. The molecule has 2 aromatic rings. The summed E-state index contributed by atoms with van der Waals surface area (Å²) < 4.78 is 12.7. The van der Waals surface area contributed by atoms with Crippen LogP contribution >= 0.6 is 11.3 Å². The second kappa shape index (κ2) is 4.50. The topological polar surface area (TPSA) is 37.8 Å². The van der Waals surface area contributed by atoms with Gasteiger partial charge in [0.1, 0.15) is 10.8 Å². The first kappa shape index (κ1) is 10.8. The number of aromatic nitrogens is 2. The molecule has 0 unspecified atom stereocenters. The third kappa shape index (κ3) is 2.68. The standard InChI is InChI=1S/C12H12FN3S/c13-8-1-4-10(15-5-8)11-7-17-12(16-11)6-14-9-2-3-9/h1,4-5,7,9,14H,2-3,6H2. The summed E-state index contributed by atoms with van der Waals surface area (Å²) in [5, 5.41) is 6.43. The van der Waals surface area contributed by atoms with Gasteiger partial charge >= 0.3 is 0 Å². The Morgan fingerprint density at radius 3 is 2.94 bits per heavy atom. The van der Waals surface area contributed by atoms with Crippen molar-refractivity contribution in [3.63, 3.8) is 0 Å². The van der Waals surface area contributed by atoms with E-state index in [-0.39, 0.29) is 5.82 Å². The molecule has 1 aliphatic carbocycles. The quantitative estimate of drug-likeness (QED) is 0.905. The maximum Gasteiger partial charge on any atom is 0.141 e. The summed E-state index contributed by atoms with van der Waals surface area (Å²) in [5.74, 6) is -0.320. The van der Waals surface area contributed by atoms with Crippen molar-refractivity contribution in [2.24, 2.45) is 0 Å². The van der Waals surface area contributed by atoms with E-state index in [1.54, 1.807) is 17.4 Å². The summed E-state index contributed by atoms with van der Waals surface area (Å²) in [7, 11) is 0. The van der Waals surface area contributed by atoms with E-state index in [1.165, 1.54) is 25.1 Å². The maximum atomic E-state index is 12.7. The second-order valence-electron chi connectivity index (χ2n) is 4.14. The molecule has 1 N–H and O–H groups in total. The Morgan fingerprint density at radius 1 is 1.35 bits per heavy atom. The van der Waals surface area contributed by atoms with Crippen LogP contribution in [0.5, 0.6) is 0 Å². The monoisotopic (exact) mass is 249 g/mol. The molecule has 2 heterocycles. The molecular weight excluding hydrogens is 237 g/mol. The number of hydrogen-bond donors (Lipinski definition) is 1. The van der Waals surface area contributed by atoms with Crippen molar-refractivity contribution in [1.82, 2.24) is 15.3 Å². The molecule has 2 aromatic heterocycles. The molecule has 0 radical (unpaired) electrons. The zero-order chi connectivity index (χ0) is 11.7. The Labute approximate surface area is 103 Å². The number of nitrogens with zero attached hydrogens (tertiary/aromatic N) is 2. The Hall–Kier alpha value is -1.33. The van der Waals surface area contributed by atoms with E-state index in [0.29, 0.717) is 6.04 Å². The van der Waals surface area contributed by atoms with E-state index in [9.17, 15) is 4.39 Å². The third-order valence-electron chi connectivity index (χ3n) is 2.66. The maximum absolute atomic E-state index is 12.7. The van der Waals surface area contributed by atoms with Gasteiger partial charge in [-0.05, 0) is 25.0 Å². The highest BCUT2D eigenvalue weighted by Gasteiger charge is 2.20. The predicted molar refractivity (Wildman–Crippen MR) is 65.2 cm³/mol. The fraction of sp³-hybridized carbons (Fsp3) is 0.333. The summed E-state index contributed by atoms with van der Waals surface area (Å²) in [6.07, 6.45) is 3.77. The summed E-state index contributed by atoms with van der Waals surface area (Å²) in [6.45, 7) is 0.816. The van der Waals surface area contributed by atoms with Crippen LogP contribution in [0.25, 0.3) is 11.4 Å². The van der Waals surface area contributed by atoms with Gasteiger partial charge in [0.25, 0.3) is 0 Å². The Kier molecular flexibility index (Phi) is 2.86. The second-order valence-corrected chi connectivity index (χ2v) is 5.09. The fourth-order valence-corrected chi connectivity index (χ4v) is 2.30. The molecule has 1 aliphatic rings. The van der Waals surface area contributed by atoms with Gasteiger partial charge in [0, 0.05) is 18.0 Å². The van der Waals surface area contributed by atoms with Crippen LogP contribution in [0.4, 0.5) is 4.39 Å². The lowest BCUT2D eigenvalue weighted by molar-refractivity contribution is 0.622. The van der Waals surface area contributed by atoms with Gasteiger partial charge in [-0.1, -0.05) is 0 Å². The molecule has 0 atom stereocenters. The average Bonchev–Trinajstić information content (AvgIpc) is 3.06. The molecule has 0 bridgehead atoms. The Morgan fingerprint density at radius 2 is 2.24 bits per heavy atom. The minimum atomic E-state index is -0.320. The van der Waals surface area contributed by atoms with Gasteiger partial charge in [-0.25, -0.2) is 9.37 Å². The van der Waals surface area contributed by atoms with Crippen LogP contribution < -0.4 is 5.32 Å². The van der Waals surface area contributed by atoms with Crippen molar-refractivity contribution in [3.8, 4) is 11.4 Å². The van der Waals surface area contributed by atoms with Crippen LogP contribution in [0.1, 0.15) is 17.8 Å². The lowest BCUT2D eigenvalue weighted by atomic mass is 10.3. The third-order valence-corrected chi connectivity index (χ3v) is 3.51. The molecule has 3 nitrogen and oxygen atoms in total. The minimum absolute atomic E-state index is 0.320. The summed E-state index contributed by atoms with van der Waals surface area (Å²) in [4.78, 5) is 8.50. The molecule has 0 saturated heterocycles. The van der Waals surface area contributed by atoms with Gasteiger partial charge in [-0.15, -0.1) is 11.3 Å². The van der Waals surface area contributed by atoms with Crippen LogP contribution in [0.2, 0.25) is 0 Å². The molecule has 88 valence electrons. The van der Waals surface area contributed by atoms with Crippen LogP contribution in [-0.4, -0.2) is 16.0 Å². The van der Waals surface area contributed by atoms with Crippen molar-refractivity contribution in [1.29, 1.82) is 0 Å².